The molecule has 0 aliphatic carbocycles. The van der Waals surface area contributed by atoms with Crippen LogP contribution in [0.5, 0.6) is 5.75 Å². The number of amides is 2. The van der Waals surface area contributed by atoms with Gasteiger partial charge < -0.3 is 20.5 Å². The first-order chi connectivity index (χ1) is 15.6. The van der Waals surface area contributed by atoms with Crippen molar-refractivity contribution in [2.45, 2.75) is 31.7 Å². The maximum absolute atomic E-state index is 12.9. The van der Waals surface area contributed by atoms with Crippen molar-refractivity contribution in [2.75, 3.05) is 31.6 Å². The van der Waals surface area contributed by atoms with E-state index in [4.69, 9.17) is 4.74 Å². The van der Waals surface area contributed by atoms with E-state index in [0.717, 1.165) is 5.56 Å². The topological polar surface area (TPSA) is 125 Å². The number of aryl methyl sites for hydroxylation is 1. The molecule has 33 heavy (non-hydrogen) atoms. The highest BCUT2D eigenvalue weighted by Crippen LogP contribution is 2.24. The Hall–Kier alpha value is -2.95. The molecule has 1 heterocycles. The van der Waals surface area contributed by atoms with Crippen molar-refractivity contribution in [3.05, 3.63) is 53.6 Å². The molecule has 0 saturated carbocycles. The molecule has 1 fully saturated rings. The van der Waals surface area contributed by atoms with Crippen LogP contribution in [0.15, 0.2) is 47.4 Å². The Morgan fingerprint density at radius 2 is 1.79 bits per heavy atom. The van der Waals surface area contributed by atoms with Crippen LogP contribution in [0.1, 0.15) is 29.8 Å². The number of anilines is 1. The molecule has 3 N–H and O–H groups in total. The molecule has 10 heteroatoms. The minimum atomic E-state index is -3.76. The van der Waals surface area contributed by atoms with Gasteiger partial charge >= 0.3 is 0 Å². The van der Waals surface area contributed by atoms with E-state index in [1.54, 1.807) is 26.0 Å². The minimum Gasteiger partial charge on any atom is -0.506 e. The van der Waals surface area contributed by atoms with E-state index in [2.05, 4.69) is 10.6 Å². The summed E-state index contributed by atoms with van der Waals surface area (Å²) < 4.78 is 32.4. The molecule has 2 amide bonds. The first-order valence-electron chi connectivity index (χ1n) is 10.7. The van der Waals surface area contributed by atoms with E-state index >= 15 is 0 Å². The number of morpholine rings is 1. The third-order valence-corrected chi connectivity index (χ3v) is 7.25. The summed E-state index contributed by atoms with van der Waals surface area (Å²) in [4.78, 5) is 25.8. The first kappa shape index (κ1) is 24.7. The molecule has 0 spiro atoms. The number of carbonyl (C=O) groups is 2. The van der Waals surface area contributed by atoms with Crippen LogP contribution in [-0.4, -0.2) is 62.0 Å². The number of carbonyl (C=O) groups excluding carboxylic acids is 2. The van der Waals surface area contributed by atoms with Gasteiger partial charge in [-0.1, -0.05) is 26.0 Å². The standard InChI is InChI=1S/C23H29N3O6S/c1-15(2)21(23(29)24-19-8-7-16(3)13-20(19)27)25-22(28)17-5-4-6-18(14-17)33(30,31)26-9-11-32-12-10-26/h4-8,13-15,21,27H,9-12H2,1-3H3,(H,24,29)(H,25,28)/t21-/m0/s1. The molecule has 0 unspecified atom stereocenters. The summed E-state index contributed by atoms with van der Waals surface area (Å²) in [6.07, 6.45) is 0. The zero-order valence-corrected chi connectivity index (χ0v) is 19.7. The van der Waals surface area contributed by atoms with Crippen molar-refractivity contribution in [2.24, 2.45) is 5.92 Å². The van der Waals surface area contributed by atoms with Crippen molar-refractivity contribution in [3.8, 4) is 5.75 Å². The van der Waals surface area contributed by atoms with Gasteiger partial charge in [0.2, 0.25) is 15.9 Å². The number of hydrogen-bond donors (Lipinski definition) is 3. The molecule has 178 valence electrons. The SMILES string of the molecule is Cc1ccc(NC(=O)[C@@H](NC(=O)c2cccc(S(=O)(=O)N3CCOCC3)c2)C(C)C)c(O)c1. The Morgan fingerprint density at radius 3 is 2.42 bits per heavy atom. The van der Waals surface area contributed by atoms with Gasteiger partial charge in [0.15, 0.2) is 0 Å². The van der Waals surface area contributed by atoms with Gasteiger partial charge in [0, 0.05) is 18.7 Å². The monoisotopic (exact) mass is 475 g/mol. The fraction of sp³-hybridized carbons (Fsp3) is 0.391. The summed E-state index contributed by atoms with van der Waals surface area (Å²) >= 11 is 0. The number of nitrogens with zero attached hydrogens (tertiary/aromatic N) is 1. The summed E-state index contributed by atoms with van der Waals surface area (Å²) in [6.45, 7) is 6.51. The number of sulfonamides is 1. The van der Waals surface area contributed by atoms with Gasteiger partial charge in [0.1, 0.15) is 11.8 Å². The lowest BCUT2D eigenvalue weighted by Crippen LogP contribution is -2.47. The quantitative estimate of drug-likeness (QED) is 0.527. The smallest absolute Gasteiger partial charge is 0.251 e. The highest BCUT2D eigenvalue weighted by Gasteiger charge is 2.28. The number of hydrogen-bond acceptors (Lipinski definition) is 6. The van der Waals surface area contributed by atoms with Gasteiger partial charge in [-0.15, -0.1) is 0 Å². The lowest BCUT2D eigenvalue weighted by molar-refractivity contribution is -0.118. The van der Waals surface area contributed by atoms with Crippen molar-refractivity contribution in [1.82, 2.24) is 9.62 Å². The fourth-order valence-electron chi connectivity index (χ4n) is 3.45. The fourth-order valence-corrected chi connectivity index (χ4v) is 4.91. The predicted molar refractivity (Wildman–Crippen MR) is 124 cm³/mol. The number of rotatable bonds is 7. The molecular weight excluding hydrogens is 446 g/mol. The second kappa shape index (κ2) is 10.3. The van der Waals surface area contributed by atoms with Gasteiger partial charge in [0.05, 0.1) is 23.8 Å². The molecule has 3 rings (SSSR count). The maximum Gasteiger partial charge on any atom is 0.251 e. The van der Waals surface area contributed by atoms with Gasteiger partial charge in [0.25, 0.3) is 5.91 Å². The molecule has 1 saturated heterocycles. The number of ether oxygens (including phenoxy) is 1. The summed E-state index contributed by atoms with van der Waals surface area (Å²) in [5, 5.41) is 15.4. The zero-order chi connectivity index (χ0) is 24.2. The number of aromatic hydroxyl groups is 1. The summed E-state index contributed by atoms with van der Waals surface area (Å²) in [5.74, 6) is -1.40. The highest BCUT2D eigenvalue weighted by atomic mass is 32.2. The first-order valence-corrected chi connectivity index (χ1v) is 12.1. The van der Waals surface area contributed by atoms with Crippen molar-refractivity contribution >= 4 is 27.5 Å². The molecule has 2 aromatic carbocycles. The number of phenols is 1. The third kappa shape index (κ3) is 5.89. The van der Waals surface area contributed by atoms with Crippen LogP contribution in [-0.2, 0) is 19.6 Å². The Kier molecular flexibility index (Phi) is 7.72. The van der Waals surface area contributed by atoms with Crippen LogP contribution >= 0.6 is 0 Å². The van der Waals surface area contributed by atoms with Crippen LogP contribution in [0.4, 0.5) is 5.69 Å². The van der Waals surface area contributed by atoms with Crippen LogP contribution in [0.2, 0.25) is 0 Å². The Labute approximate surface area is 193 Å². The Bertz CT molecular complexity index is 1130. The minimum absolute atomic E-state index is 0.00664. The van der Waals surface area contributed by atoms with Gasteiger partial charge in [-0.3, -0.25) is 9.59 Å². The maximum atomic E-state index is 12.9. The lowest BCUT2D eigenvalue weighted by Gasteiger charge is -2.26. The van der Waals surface area contributed by atoms with Crippen LogP contribution in [0.25, 0.3) is 0 Å². The predicted octanol–water partition coefficient (Wildman–Crippen LogP) is 2.11. The van der Waals surface area contributed by atoms with Gasteiger partial charge in [-0.05, 0) is 48.7 Å². The van der Waals surface area contributed by atoms with Crippen molar-refractivity contribution in [1.29, 1.82) is 0 Å². The molecule has 0 radical (unpaired) electrons. The van der Waals surface area contributed by atoms with Crippen LogP contribution < -0.4 is 10.6 Å². The van der Waals surface area contributed by atoms with E-state index in [0.29, 0.717) is 13.2 Å². The van der Waals surface area contributed by atoms with E-state index in [-0.39, 0.29) is 40.9 Å². The molecule has 1 atom stereocenters. The molecule has 1 aliphatic rings. The number of nitrogens with one attached hydrogen (secondary N) is 2. The van der Waals surface area contributed by atoms with E-state index < -0.39 is 27.9 Å². The lowest BCUT2D eigenvalue weighted by atomic mass is 10.0. The van der Waals surface area contributed by atoms with Crippen molar-refractivity contribution in [3.63, 3.8) is 0 Å². The largest absolute Gasteiger partial charge is 0.506 e. The normalized spacial score (nSPS) is 15.8. The Balaban J connectivity index is 1.76. The summed E-state index contributed by atoms with van der Waals surface area (Å²) in [6, 6.07) is 9.69. The molecule has 2 aromatic rings. The highest BCUT2D eigenvalue weighted by molar-refractivity contribution is 7.89. The van der Waals surface area contributed by atoms with E-state index in [9.17, 15) is 23.1 Å². The second-order valence-electron chi connectivity index (χ2n) is 8.25. The number of phenolic OH excluding ortho intramolecular Hbond substituents is 1. The Morgan fingerprint density at radius 1 is 1.09 bits per heavy atom. The zero-order valence-electron chi connectivity index (χ0n) is 18.9. The van der Waals surface area contributed by atoms with Gasteiger partial charge in [-0.25, -0.2) is 8.42 Å². The number of benzene rings is 2. The molecular formula is C23H29N3O6S. The van der Waals surface area contributed by atoms with Crippen molar-refractivity contribution < 1.29 is 27.9 Å². The molecule has 0 bridgehead atoms. The van der Waals surface area contributed by atoms with E-state index in [1.165, 1.54) is 34.6 Å². The van der Waals surface area contributed by atoms with Crippen LogP contribution in [0, 0.1) is 12.8 Å². The molecule has 0 aromatic heterocycles. The van der Waals surface area contributed by atoms with E-state index in [1.807, 2.05) is 6.92 Å². The molecule has 9 nitrogen and oxygen atoms in total. The summed E-state index contributed by atoms with van der Waals surface area (Å²) in [7, 11) is -3.76. The second-order valence-corrected chi connectivity index (χ2v) is 10.2. The average molecular weight is 476 g/mol. The average Bonchev–Trinajstić information content (AvgIpc) is 2.79. The summed E-state index contributed by atoms with van der Waals surface area (Å²) in [5.41, 5.74) is 1.20. The van der Waals surface area contributed by atoms with Crippen LogP contribution in [0.3, 0.4) is 0 Å². The third-order valence-electron chi connectivity index (χ3n) is 5.35. The van der Waals surface area contributed by atoms with Gasteiger partial charge in [-0.2, -0.15) is 4.31 Å². The molecule has 1 aliphatic heterocycles.